The van der Waals surface area contributed by atoms with Gasteiger partial charge in [-0.15, -0.1) is 0 Å². The molecule has 0 heterocycles. The molecule has 0 unspecified atom stereocenters. The lowest BCUT2D eigenvalue weighted by atomic mass is 10.2. The van der Waals surface area contributed by atoms with E-state index in [1.54, 1.807) is 24.3 Å². The average molecular weight is 348 g/mol. The van der Waals surface area contributed by atoms with Crippen LogP contribution in [-0.2, 0) is 4.79 Å². The van der Waals surface area contributed by atoms with E-state index in [1.807, 2.05) is 24.3 Å². The normalized spacial score (nSPS) is 11.3. The van der Waals surface area contributed by atoms with Gasteiger partial charge in [0.25, 0.3) is 5.70 Å². The molecule has 0 bridgehead atoms. The Hall–Kier alpha value is -3.46. The van der Waals surface area contributed by atoms with Gasteiger partial charge in [0.05, 0.1) is 17.9 Å². The maximum atomic E-state index is 10.8. The van der Waals surface area contributed by atoms with Gasteiger partial charge in [-0.1, -0.05) is 12.1 Å². The number of carbonyl (C=O) groups is 1. The summed E-state index contributed by atoms with van der Waals surface area (Å²) in [6, 6.07) is 14.7. The Morgan fingerprint density at radius 2 is 1.54 bits per heavy atom. The molecule has 2 aromatic carbocycles. The molecule has 1 N–H and O–H groups in total. The number of carboxylic acids is 1. The Kier molecular flexibility index (Phi) is 6.63. The topological polar surface area (TPSA) is 69.6 Å². The van der Waals surface area contributed by atoms with Crippen molar-refractivity contribution in [1.29, 1.82) is 0 Å². The highest BCUT2D eigenvalue weighted by atomic mass is 16.4. The average Bonchev–Trinajstić information content (AvgIpc) is 2.67. The van der Waals surface area contributed by atoms with E-state index in [1.165, 1.54) is 6.08 Å². The van der Waals surface area contributed by atoms with E-state index in [4.69, 9.17) is 11.7 Å². The zero-order valence-corrected chi connectivity index (χ0v) is 14.8. The highest BCUT2D eigenvalue weighted by Gasteiger charge is 2.06. The molecule has 0 saturated carbocycles. The van der Waals surface area contributed by atoms with Gasteiger partial charge in [-0.25, -0.2) is 4.85 Å². The predicted molar refractivity (Wildman–Crippen MR) is 103 cm³/mol. The first-order valence-electron chi connectivity index (χ1n) is 8.26. The van der Waals surface area contributed by atoms with Crippen molar-refractivity contribution in [2.45, 2.75) is 13.8 Å². The predicted octanol–water partition coefficient (Wildman–Crippen LogP) is 5.29. The van der Waals surface area contributed by atoms with Gasteiger partial charge in [0.1, 0.15) is 0 Å². The summed E-state index contributed by atoms with van der Waals surface area (Å²) in [7, 11) is 0. The van der Waals surface area contributed by atoms with Crippen molar-refractivity contribution < 1.29 is 9.90 Å². The van der Waals surface area contributed by atoms with Crippen LogP contribution in [0.5, 0.6) is 0 Å². The molecule has 0 radical (unpaired) electrons. The van der Waals surface area contributed by atoms with Crippen molar-refractivity contribution in [3.8, 4) is 0 Å². The van der Waals surface area contributed by atoms with Crippen molar-refractivity contribution in [3.63, 3.8) is 0 Å². The summed E-state index contributed by atoms with van der Waals surface area (Å²) in [5, 5.41) is 17.3. The molecule has 0 spiro atoms. The van der Waals surface area contributed by atoms with Gasteiger partial charge in [-0.3, -0.25) is 4.79 Å². The van der Waals surface area contributed by atoms with Crippen LogP contribution in [0.25, 0.3) is 10.9 Å². The summed E-state index contributed by atoms with van der Waals surface area (Å²) in [5.74, 6) is -1.24. The number of hydrogen-bond donors (Lipinski definition) is 1. The summed E-state index contributed by atoms with van der Waals surface area (Å²) in [6.07, 6.45) is 1.32. The monoisotopic (exact) mass is 348 g/mol. The molecule has 0 fully saturated rings. The second-order valence-electron chi connectivity index (χ2n) is 5.43. The number of azo groups is 1. The quantitative estimate of drug-likeness (QED) is 0.420. The highest BCUT2D eigenvalue weighted by Crippen LogP contribution is 2.23. The zero-order valence-electron chi connectivity index (χ0n) is 14.8. The van der Waals surface area contributed by atoms with Crippen LogP contribution in [0.2, 0.25) is 0 Å². The molecule has 0 aliphatic heterocycles. The summed E-state index contributed by atoms with van der Waals surface area (Å²) < 4.78 is 0. The molecule has 0 aromatic heterocycles. The maximum Gasteiger partial charge on any atom is 0.333 e. The minimum Gasteiger partial charge on any atom is -0.486 e. The summed E-state index contributed by atoms with van der Waals surface area (Å²) in [6.45, 7) is 13.0. The molecule has 0 atom stereocenters. The Morgan fingerprint density at radius 3 is 1.96 bits per heavy atom. The van der Waals surface area contributed by atoms with Crippen molar-refractivity contribution in [2.24, 2.45) is 10.2 Å². The number of benzene rings is 2. The lowest BCUT2D eigenvalue weighted by Gasteiger charge is -2.20. The smallest absolute Gasteiger partial charge is 0.333 e. The van der Waals surface area contributed by atoms with Crippen LogP contribution in [-0.4, -0.2) is 24.2 Å². The number of nitrogens with zero attached hydrogens (tertiary/aromatic N) is 4. The van der Waals surface area contributed by atoms with E-state index in [2.05, 4.69) is 33.8 Å². The first-order valence-corrected chi connectivity index (χ1v) is 8.26. The number of anilines is 1. The summed E-state index contributed by atoms with van der Waals surface area (Å²) >= 11 is 0. The van der Waals surface area contributed by atoms with Gasteiger partial charge in [-0.05, 0) is 61.9 Å². The van der Waals surface area contributed by atoms with Crippen LogP contribution >= 0.6 is 0 Å². The van der Waals surface area contributed by atoms with Gasteiger partial charge < -0.3 is 10.0 Å². The fourth-order valence-electron chi connectivity index (χ4n) is 2.37. The van der Waals surface area contributed by atoms with Gasteiger partial charge in [0, 0.05) is 18.8 Å². The second-order valence-corrected chi connectivity index (χ2v) is 5.43. The van der Waals surface area contributed by atoms with Crippen molar-refractivity contribution in [1.82, 2.24) is 0 Å². The number of carboxylic acid groups (broad SMARTS) is 1. The van der Waals surface area contributed by atoms with Crippen LogP contribution in [0, 0.1) is 6.57 Å². The third-order valence-electron chi connectivity index (χ3n) is 3.80. The molecular weight excluding hydrogens is 328 g/mol. The van der Waals surface area contributed by atoms with E-state index >= 15 is 0 Å². The first kappa shape index (κ1) is 18.9. The third kappa shape index (κ3) is 5.02. The number of hydrogen-bond acceptors (Lipinski definition) is 4. The van der Waals surface area contributed by atoms with Crippen molar-refractivity contribution in [3.05, 3.63) is 71.2 Å². The molecule has 6 heteroatoms. The fraction of sp³-hybridized carbons (Fsp3) is 0.200. The lowest BCUT2D eigenvalue weighted by Crippen LogP contribution is -2.21. The fourth-order valence-corrected chi connectivity index (χ4v) is 2.37. The summed E-state index contributed by atoms with van der Waals surface area (Å²) in [5.41, 5.74) is 2.86. The van der Waals surface area contributed by atoms with Crippen LogP contribution in [0.15, 0.2) is 64.5 Å². The summed E-state index contributed by atoms with van der Waals surface area (Å²) in [4.78, 5) is 16.1. The van der Waals surface area contributed by atoms with Gasteiger partial charge in [-0.2, -0.15) is 10.2 Å². The SMILES string of the molecule is [C-]#[N+]C(=Cc1ccc(N=Nc2ccc(N(CC)CC)cc2)cc1)C(=O)O. The largest absolute Gasteiger partial charge is 0.486 e. The highest BCUT2D eigenvalue weighted by molar-refractivity contribution is 5.94. The van der Waals surface area contributed by atoms with E-state index in [0.29, 0.717) is 11.3 Å². The molecule has 0 amide bonds. The van der Waals surface area contributed by atoms with E-state index in [9.17, 15) is 4.79 Å². The molecule has 6 nitrogen and oxygen atoms in total. The molecule has 2 rings (SSSR count). The van der Waals surface area contributed by atoms with E-state index in [-0.39, 0.29) is 5.70 Å². The van der Waals surface area contributed by atoms with Gasteiger partial charge >= 0.3 is 5.97 Å². The Labute approximate surface area is 152 Å². The molecular formula is C20H20N4O2. The Balaban J connectivity index is 2.09. The van der Waals surface area contributed by atoms with Crippen molar-refractivity contribution >= 4 is 29.1 Å². The Bertz CT molecular complexity index is 843. The third-order valence-corrected chi connectivity index (χ3v) is 3.80. The maximum absolute atomic E-state index is 10.8. The van der Waals surface area contributed by atoms with Gasteiger partial charge in [0.2, 0.25) is 0 Å². The van der Waals surface area contributed by atoms with Gasteiger partial charge in [0.15, 0.2) is 0 Å². The number of rotatable bonds is 7. The molecule has 0 saturated heterocycles. The molecule has 0 aliphatic rings. The minimum atomic E-state index is -1.24. The van der Waals surface area contributed by atoms with Crippen molar-refractivity contribution in [2.75, 3.05) is 18.0 Å². The zero-order chi connectivity index (χ0) is 18.9. The van der Waals surface area contributed by atoms with Crippen LogP contribution in [0.4, 0.5) is 17.1 Å². The molecule has 0 aliphatic carbocycles. The minimum absolute atomic E-state index is 0.326. The molecule has 2 aromatic rings. The van der Waals surface area contributed by atoms with E-state index in [0.717, 1.165) is 24.5 Å². The van der Waals surface area contributed by atoms with E-state index < -0.39 is 5.97 Å². The second kappa shape index (κ2) is 9.14. The molecule has 132 valence electrons. The van der Waals surface area contributed by atoms with Crippen LogP contribution < -0.4 is 4.90 Å². The first-order chi connectivity index (χ1) is 12.6. The Morgan fingerprint density at radius 1 is 1.04 bits per heavy atom. The van der Waals surface area contributed by atoms with Crippen LogP contribution in [0.1, 0.15) is 19.4 Å². The number of aliphatic carboxylic acids is 1. The molecule has 26 heavy (non-hydrogen) atoms. The standard InChI is InChI=1S/C20H20N4O2/c1-4-24(5-2)18-12-10-17(11-13-18)23-22-16-8-6-15(7-9-16)14-19(21-3)20(25)26/h6-14H,4-5H2,1-2H3,(H,25,26). The lowest BCUT2D eigenvalue weighted by molar-refractivity contribution is -0.132. The van der Waals surface area contributed by atoms with Crippen LogP contribution in [0.3, 0.4) is 0 Å².